The molecule has 0 bridgehead atoms. The molecule has 2 heterocycles. The smallest absolute Gasteiger partial charge is 0.104 e. The average molecular weight is 286 g/mol. The van der Waals surface area contributed by atoms with E-state index in [2.05, 4.69) is 46.8 Å². The molecule has 0 saturated heterocycles. The number of aromatic nitrogens is 3. The maximum atomic E-state index is 6.11. The van der Waals surface area contributed by atoms with Crippen LogP contribution in [0.3, 0.4) is 0 Å². The van der Waals surface area contributed by atoms with Gasteiger partial charge in [-0.25, -0.2) is 0 Å². The molecule has 5 nitrogen and oxygen atoms in total. The molecule has 0 saturated carbocycles. The van der Waals surface area contributed by atoms with Gasteiger partial charge in [0.25, 0.3) is 0 Å². The van der Waals surface area contributed by atoms with Crippen LogP contribution in [0.2, 0.25) is 0 Å². The van der Waals surface area contributed by atoms with Crippen molar-refractivity contribution in [3.05, 3.63) is 47.3 Å². The van der Waals surface area contributed by atoms with Crippen LogP contribution in [0, 0.1) is 0 Å². The van der Waals surface area contributed by atoms with Crippen LogP contribution in [0.15, 0.2) is 30.5 Å². The van der Waals surface area contributed by atoms with E-state index in [-0.39, 0.29) is 12.1 Å². The van der Waals surface area contributed by atoms with E-state index in [1.165, 1.54) is 11.1 Å². The van der Waals surface area contributed by atoms with Crippen LogP contribution < -0.4 is 5.32 Å². The Morgan fingerprint density at radius 3 is 3.05 bits per heavy atom. The Kier molecular flexibility index (Phi) is 4.31. The van der Waals surface area contributed by atoms with Crippen LogP contribution in [0.25, 0.3) is 0 Å². The lowest BCUT2D eigenvalue weighted by molar-refractivity contribution is 0.0129. The van der Waals surface area contributed by atoms with Crippen molar-refractivity contribution in [1.29, 1.82) is 0 Å². The van der Waals surface area contributed by atoms with Gasteiger partial charge in [-0.05, 0) is 30.5 Å². The highest BCUT2D eigenvalue weighted by Gasteiger charge is 2.31. The van der Waals surface area contributed by atoms with E-state index in [4.69, 9.17) is 4.74 Å². The minimum Gasteiger partial charge on any atom is -0.371 e. The maximum absolute atomic E-state index is 6.11. The first kappa shape index (κ1) is 14.2. The summed E-state index contributed by atoms with van der Waals surface area (Å²) in [5.74, 6) is 0. The van der Waals surface area contributed by atoms with Crippen LogP contribution >= 0.6 is 0 Å². The summed E-state index contributed by atoms with van der Waals surface area (Å²) in [6, 6.07) is 8.62. The van der Waals surface area contributed by atoms with Crippen molar-refractivity contribution >= 4 is 0 Å². The van der Waals surface area contributed by atoms with Gasteiger partial charge in [-0.2, -0.15) is 0 Å². The first-order chi connectivity index (χ1) is 10.3. The molecule has 2 atom stereocenters. The average Bonchev–Trinajstić information content (AvgIpc) is 2.94. The van der Waals surface area contributed by atoms with Gasteiger partial charge in [0, 0.05) is 7.05 Å². The van der Waals surface area contributed by atoms with Gasteiger partial charge in [-0.15, -0.1) is 5.10 Å². The minimum atomic E-state index is 0.0127. The highest BCUT2D eigenvalue weighted by atomic mass is 16.5. The summed E-state index contributed by atoms with van der Waals surface area (Å²) < 4.78 is 7.94. The standard InChI is InChI=1S/C16H22N4O/c1-3-9-17-15(14-11-18-19-20(14)2)16-13-7-5-4-6-12(13)8-10-21-16/h4-7,11,15-17H,3,8-10H2,1-2H3. The third-order valence-electron chi connectivity index (χ3n) is 4.02. The van der Waals surface area contributed by atoms with Gasteiger partial charge in [-0.1, -0.05) is 36.4 Å². The summed E-state index contributed by atoms with van der Waals surface area (Å²) in [6.07, 6.45) is 3.90. The molecule has 1 aliphatic rings. The van der Waals surface area contributed by atoms with E-state index in [0.29, 0.717) is 0 Å². The Morgan fingerprint density at radius 1 is 1.43 bits per heavy atom. The number of hydrogen-bond acceptors (Lipinski definition) is 4. The number of nitrogens with zero attached hydrogens (tertiary/aromatic N) is 3. The van der Waals surface area contributed by atoms with Gasteiger partial charge in [0.15, 0.2) is 0 Å². The lowest BCUT2D eigenvalue weighted by Crippen LogP contribution is -2.33. The molecule has 1 N–H and O–H groups in total. The first-order valence-corrected chi connectivity index (χ1v) is 7.58. The van der Waals surface area contributed by atoms with Gasteiger partial charge < -0.3 is 10.1 Å². The van der Waals surface area contributed by atoms with E-state index in [1.54, 1.807) is 0 Å². The molecule has 0 radical (unpaired) electrons. The molecule has 0 aliphatic carbocycles. The second-order valence-electron chi connectivity index (χ2n) is 5.45. The second-order valence-corrected chi connectivity index (χ2v) is 5.45. The molecule has 1 aromatic heterocycles. The summed E-state index contributed by atoms with van der Waals surface area (Å²) in [7, 11) is 1.93. The van der Waals surface area contributed by atoms with Gasteiger partial charge >= 0.3 is 0 Å². The second kappa shape index (κ2) is 6.37. The molecule has 3 rings (SSSR count). The molecule has 0 amide bonds. The van der Waals surface area contributed by atoms with Crippen LogP contribution in [-0.2, 0) is 18.2 Å². The molecule has 2 unspecified atom stereocenters. The molecule has 2 aromatic rings. The fourth-order valence-electron chi connectivity index (χ4n) is 2.95. The van der Waals surface area contributed by atoms with E-state index in [0.717, 1.165) is 31.7 Å². The van der Waals surface area contributed by atoms with E-state index >= 15 is 0 Å². The summed E-state index contributed by atoms with van der Waals surface area (Å²) in [5.41, 5.74) is 3.72. The minimum absolute atomic E-state index is 0.0127. The zero-order chi connectivity index (χ0) is 14.7. The Hall–Kier alpha value is -1.72. The first-order valence-electron chi connectivity index (χ1n) is 7.58. The van der Waals surface area contributed by atoms with Crippen molar-refractivity contribution in [3.63, 3.8) is 0 Å². The predicted octanol–water partition coefficient (Wildman–Crippen LogP) is 2.17. The van der Waals surface area contributed by atoms with Crippen molar-refractivity contribution in [2.24, 2.45) is 7.05 Å². The molecule has 1 aliphatic heterocycles. The Bertz CT molecular complexity index is 595. The zero-order valence-corrected chi connectivity index (χ0v) is 12.6. The van der Waals surface area contributed by atoms with Gasteiger partial charge in [0.2, 0.25) is 0 Å². The van der Waals surface area contributed by atoms with Crippen LogP contribution in [0.4, 0.5) is 0 Å². The largest absolute Gasteiger partial charge is 0.371 e. The van der Waals surface area contributed by atoms with E-state index < -0.39 is 0 Å². The van der Waals surface area contributed by atoms with Crippen molar-refractivity contribution in [1.82, 2.24) is 20.3 Å². The third kappa shape index (κ3) is 2.84. The molecule has 0 fully saturated rings. The quantitative estimate of drug-likeness (QED) is 0.915. The monoisotopic (exact) mass is 286 g/mol. The maximum Gasteiger partial charge on any atom is 0.104 e. The van der Waals surface area contributed by atoms with Crippen LogP contribution in [0.5, 0.6) is 0 Å². The summed E-state index contributed by atoms with van der Waals surface area (Å²) >= 11 is 0. The number of benzene rings is 1. The van der Waals surface area contributed by atoms with Crippen molar-refractivity contribution < 1.29 is 4.74 Å². The van der Waals surface area contributed by atoms with Crippen LogP contribution in [-0.4, -0.2) is 28.1 Å². The fourth-order valence-corrected chi connectivity index (χ4v) is 2.95. The molecule has 112 valence electrons. The van der Waals surface area contributed by atoms with Gasteiger partial charge in [-0.3, -0.25) is 4.68 Å². The number of ether oxygens (including phenoxy) is 1. The predicted molar refractivity (Wildman–Crippen MR) is 80.9 cm³/mol. The van der Waals surface area contributed by atoms with Crippen molar-refractivity contribution in [2.45, 2.75) is 31.9 Å². The van der Waals surface area contributed by atoms with E-state index in [9.17, 15) is 0 Å². The molecule has 0 spiro atoms. The van der Waals surface area contributed by atoms with Crippen molar-refractivity contribution in [2.75, 3.05) is 13.2 Å². The SMILES string of the molecule is CCCNC(c1cnnn1C)C1OCCc2ccccc21. The number of hydrogen-bond donors (Lipinski definition) is 1. The molecule has 21 heavy (non-hydrogen) atoms. The molecular weight excluding hydrogens is 264 g/mol. The summed E-state index contributed by atoms with van der Waals surface area (Å²) in [5, 5.41) is 11.7. The fraction of sp³-hybridized carbons (Fsp3) is 0.500. The highest BCUT2D eigenvalue weighted by molar-refractivity contribution is 5.33. The highest BCUT2D eigenvalue weighted by Crippen LogP contribution is 2.36. The lowest BCUT2D eigenvalue weighted by atomic mass is 9.92. The Labute approximate surface area is 125 Å². The molecule has 1 aromatic carbocycles. The number of nitrogens with one attached hydrogen (secondary N) is 1. The summed E-state index contributed by atoms with van der Waals surface area (Å²) in [6.45, 7) is 3.87. The number of aryl methyl sites for hydroxylation is 1. The third-order valence-corrected chi connectivity index (χ3v) is 4.02. The van der Waals surface area contributed by atoms with E-state index in [1.807, 2.05) is 17.9 Å². The van der Waals surface area contributed by atoms with Crippen molar-refractivity contribution in [3.8, 4) is 0 Å². The topological polar surface area (TPSA) is 52.0 Å². The Morgan fingerprint density at radius 2 is 2.29 bits per heavy atom. The molecule has 5 heteroatoms. The van der Waals surface area contributed by atoms with Gasteiger partial charge in [0.1, 0.15) is 6.10 Å². The number of rotatable bonds is 5. The lowest BCUT2D eigenvalue weighted by Gasteiger charge is -2.33. The molecular formula is C16H22N4O. The zero-order valence-electron chi connectivity index (χ0n) is 12.6. The summed E-state index contributed by atoms with van der Waals surface area (Å²) in [4.78, 5) is 0. The number of fused-ring (bicyclic) bond motifs is 1. The normalized spacial score (nSPS) is 19.2. The van der Waals surface area contributed by atoms with Gasteiger partial charge in [0.05, 0.1) is 24.5 Å². The Balaban J connectivity index is 1.96. The van der Waals surface area contributed by atoms with Crippen LogP contribution in [0.1, 0.15) is 42.3 Å².